The van der Waals surface area contributed by atoms with Crippen LogP contribution in [0.2, 0.25) is 0 Å². The van der Waals surface area contributed by atoms with Crippen molar-refractivity contribution in [3.63, 3.8) is 0 Å². The Hall–Kier alpha value is -0.570. The summed E-state index contributed by atoms with van der Waals surface area (Å²) >= 11 is 0. The van der Waals surface area contributed by atoms with Crippen LogP contribution in [0.4, 0.5) is 0 Å². The topological polar surface area (TPSA) is 53.1 Å². The fourth-order valence-corrected chi connectivity index (χ4v) is 2.34. The van der Waals surface area contributed by atoms with E-state index in [0.29, 0.717) is 5.84 Å². The predicted octanol–water partition coefficient (Wildman–Crippen LogP) is 1.97. The molecule has 0 heterocycles. The lowest BCUT2D eigenvalue weighted by molar-refractivity contribution is 0.207. The van der Waals surface area contributed by atoms with Gasteiger partial charge in [-0.05, 0) is 32.4 Å². The van der Waals surface area contributed by atoms with Crippen LogP contribution in [-0.4, -0.2) is 29.9 Å². The summed E-state index contributed by atoms with van der Waals surface area (Å²) in [6.45, 7) is 4.48. The lowest BCUT2D eigenvalue weighted by atomic mass is 10.2. The van der Waals surface area contributed by atoms with Gasteiger partial charge < -0.3 is 10.6 Å². The molecule has 0 aliphatic heterocycles. The maximum absolute atomic E-state index is 7.16. The fourth-order valence-electron chi connectivity index (χ4n) is 2.34. The molecule has 0 spiro atoms. The van der Waals surface area contributed by atoms with Gasteiger partial charge in [0.15, 0.2) is 0 Å². The van der Waals surface area contributed by atoms with Crippen molar-refractivity contribution in [3.8, 4) is 0 Å². The highest BCUT2D eigenvalue weighted by Gasteiger charge is 2.20. The number of nitrogens with one attached hydrogen (secondary N) is 1. The number of hydrogen-bond acceptors (Lipinski definition) is 2. The summed E-state index contributed by atoms with van der Waals surface area (Å²) in [6, 6.07) is 0.812. The third kappa shape index (κ3) is 3.66. The van der Waals surface area contributed by atoms with Gasteiger partial charge in [0.1, 0.15) is 0 Å². The first-order valence-corrected chi connectivity index (χ1v) is 5.81. The summed E-state index contributed by atoms with van der Waals surface area (Å²) in [6.07, 6.45) is 7.33. The molecular formula is C11H23N3. The molecule has 14 heavy (non-hydrogen) atoms. The third-order valence-corrected chi connectivity index (χ3v) is 3.14. The van der Waals surface area contributed by atoms with Crippen LogP contribution >= 0.6 is 0 Å². The number of rotatable bonds is 6. The Labute approximate surface area is 87.2 Å². The van der Waals surface area contributed by atoms with E-state index < -0.39 is 0 Å². The molecule has 0 saturated heterocycles. The van der Waals surface area contributed by atoms with Crippen molar-refractivity contribution < 1.29 is 0 Å². The highest BCUT2D eigenvalue weighted by atomic mass is 15.1. The molecule has 0 amide bonds. The summed E-state index contributed by atoms with van der Waals surface area (Å²) in [5.74, 6) is 0.326. The Morgan fingerprint density at radius 1 is 1.43 bits per heavy atom. The molecule has 0 bridgehead atoms. The molecular weight excluding hydrogens is 174 g/mol. The second-order valence-electron chi connectivity index (χ2n) is 4.20. The zero-order valence-corrected chi connectivity index (χ0v) is 9.26. The quantitative estimate of drug-likeness (QED) is 0.505. The smallest absolute Gasteiger partial charge is 0.0905 e. The fraction of sp³-hybridized carbons (Fsp3) is 0.909. The minimum Gasteiger partial charge on any atom is -0.388 e. The van der Waals surface area contributed by atoms with Crippen molar-refractivity contribution in [2.24, 2.45) is 5.73 Å². The summed E-state index contributed by atoms with van der Waals surface area (Å²) in [5, 5.41) is 7.16. The minimum atomic E-state index is 0.326. The predicted molar refractivity (Wildman–Crippen MR) is 60.7 cm³/mol. The highest BCUT2D eigenvalue weighted by Crippen LogP contribution is 2.23. The van der Waals surface area contributed by atoms with Crippen LogP contribution in [0.1, 0.15) is 45.4 Å². The average Bonchev–Trinajstić information content (AvgIpc) is 2.64. The molecule has 1 fully saturated rings. The van der Waals surface area contributed by atoms with E-state index in [0.717, 1.165) is 32.0 Å². The molecule has 0 unspecified atom stereocenters. The molecule has 3 nitrogen and oxygen atoms in total. The lowest BCUT2D eigenvalue weighted by Gasteiger charge is -2.27. The molecule has 1 saturated carbocycles. The van der Waals surface area contributed by atoms with Crippen molar-refractivity contribution in [3.05, 3.63) is 0 Å². The standard InChI is InChI=1S/C11H23N3/c1-2-14(9-5-8-11(12)13)10-6-3-4-7-10/h10H,2-9H2,1H3,(H3,12,13). The van der Waals surface area contributed by atoms with Crippen LogP contribution in [0.5, 0.6) is 0 Å². The van der Waals surface area contributed by atoms with Crippen LogP contribution in [0.15, 0.2) is 0 Å². The summed E-state index contributed by atoms with van der Waals surface area (Å²) < 4.78 is 0. The second-order valence-corrected chi connectivity index (χ2v) is 4.20. The van der Waals surface area contributed by atoms with Crippen LogP contribution in [-0.2, 0) is 0 Å². The van der Waals surface area contributed by atoms with Gasteiger partial charge in [-0.25, -0.2) is 0 Å². The Kier molecular flexibility index (Phi) is 4.94. The van der Waals surface area contributed by atoms with E-state index in [-0.39, 0.29) is 0 Å². The molecule has 1 aliphatic rings. The van der Waals surface area contributed by atoms with Gasteiger partial charge in [0.05, 0.1) is 5.84 Å². The Morgan fingerprint density at radius 3 is 2.57 bits per heavy atom. The van der Waals surface area contributed by atoms with Crippen LogP contribution in [0, 0.1) is 5.41 Å². The van der Waals surface area contributed by atoms with E-state index >= 15 is 0 Å². The van der Waals surface area contributed by atoms with E-state index in [1.807, 2.05) is 0 Å². The second kappa shape index (κ2) is 6.02. The monoisotopic (exact) mass is 197 g/mol. The summed E-state index contributed by atoms with van der Waals surface area (Å²) in [5.41, 5.74) is 5.34. The maximum Gasteiger partial charge on any atom is 0.0905 e. The molecule has 0 aromatic rings. The largest absolute Gasteiger partial charge is 0.388 e. The summed E-state index contributed by atoms with van der Waals surface area (Å²) in [7, 11) is 0. The summed E-state index contributed by atoms with van der Waals surface area (Å²) in [4.78, 5) is 2.55. The first kappa shape index (κ1) is 11.5. The molecule has 0 aromatic heterocycles. The van der Waals surface area contributed by atoms with Crippen molar-refractivity contribution in [1.29, 1.82) is 5.41 Å². The van der Waals surface area contributed by atoms with Gasteiger partial charge in [-0.1, -0.05) is 19.8 Å². The first-order chi connectivity index (χ1) is 6.74. The third-order valence-electron chi connectivity index (χ3n) is 3.14. The van der Waals surface area contributed by atoms with Gasteiger partial charge in [0.25, 0.3) is 0 Å². The lowest BCUT2D eigenvalue weighted by Crippen LogP contribution is -2.34. The average molecular weight is 197 g/mol. The molecule has 3 heteroatoms. The van der Waals surface area contributed by atoms with Crippen molar-refractivity contribution in [1.82, 2.24) is 4.90 Å². The SMILES string of the molecule is CCN(CCCC(=N)N)C1CCCC1. The zero-order chi connectivity index (χ0) is 10.4. The molecule has 0 aromatic carbocycles. The van der Waals surface area contributed by atoms with E-state index in [4.69, 9.17) is 11.1 Å². The van der Waals surface area contributed by atoms with Crippen molar-refractivity contribution in [2.45, 2.75) is 51.5 Å². The van der Waals surface area contributed by atoms with Crippen LogP contribution in [0.3, 0.4) is 0 Å². The molecule has 0 atom stereocenters. The maximum atomic E-state index is 7.16. The van der Waals surface area contributed by atoms with Gasteiger partial charge in [0, 0.05) is 12.5 Å². The first-order valence-electron chi connectivity index (χ1n) is 5.81. The Balaban J connectivity index is 2.20. The van der Waals surface area contributed by atoms with Gasteiger partial charge in [-0.3, -0.25) is 5.41 Å². The van der Waals surface area contributed by atoms with E-state index in [2.05, 4.69) is 11.8 Å². The Bertz CT molecular complexity index is 173. The van der Waals surface area contributed by atoms with Gasteiger partial charge in [0.2, 0.25) is 0 Å². The van der Waals surface area contributed by atoms with Crippen LogP contribution < -0.4 is 5.73 Å². The zero-order valence-electron chi connectivity index (χ0n) is 9.26. The molecule has 1 aliphatic carbocycles. The van der Waals surface area contributed by atoms with Crippen molar-refractivity contribution >= 4 is 5.84 Å². The Morgan fingerprint density at radius 2 is 2.07 bits per heavy atom. The molecule has 1 rings (SSSR count). The molecule has 82 valence electrons. The van der Waals surface area contributed by atoms with Crippen molar-refractivity contribution in [2.75, 3.05) is 13.1 Å². The van der Waals surface area contributed by atoms with Gasteiger partial charge in [-0.15, -0.1) is 0 Å². The van der Waals surface area contributed by atoms with E-state index in [1.165, 1.54) is 25.7 Å². The minimum absolute atomic E-state index is 0.326. The van der Waals surface area contributed by atoms with E-state index in [1.54, 1.807) is 0 Å². The number of hydrogen-bond donors (Lipinski definition) is 2. The van der Waals surface area contributed by atoms with E-state index in [9.17, 15) is 0 Å². The van der Waals surface area contributed by atoms with Gasteiger partial charge in [-0.2, -0.15) is 0 Å². The number of nitrogens with two attached hydrogens (primary N) is 1. The molecule has 0 radical (unpaired) electrons. The number of nitrogens with zero attached hydrogens (tertiary/aromatic N) is 1. The normalized spacial score (nSPS) is 17.9. The van der Waals surface area contributed by atoms with Gasteiger partial charge >= 0.3 is 0 Å². The highest BCUT2D eigenvalue weighted by molar-refractivity contribution is 5.76. The number of amidine groups is 1. The molecule has 3 N–H and O–H groups in total. The van der Waals surface area contributed by atoms with Crippen LogP contribution in [0.25, 0.3) is 0 Å².